The Morgan fingerprint density at radius 2 is 1.79 bits per heavy atom. The first-order valence-electron chi connectivity index (χ1n) is 15.6. The number of benzene rings is 1. The van der Waals surface area contributed by atoms with Crippen LogP contribution >= 0.6 is 0 Å². The molecule has 1 aromatic rings. The minimum Gasteiger partial charge on any atom is -0.492 e. The molecule has 1 N–H and O–H groups in total. The zero-order chi connectivity index (χ0) is 31.1. The van der Waals surface area contributed by atoms with E-state index in [1.165, 1.54) is 4.90 Å². The molecule has 4 aliphatic rings. The SMILES string of the molecule is COc1c(OC2CC(N(CC3CCN(C(=O)OC(C)(C)C)CC3)C(C)C)C2)ccc2c1CN([C@@H]1CCC(=O)NC1=O)C2=O. The molecule has 2 saturated heterocycles. The number of nitrogens with one attached hydrogen (secondary N) is 1. The molecule has 4 amide bonds. The molecule has 1 atom stereocenters. The van der Waals surface area contributed by atoms with Gasteiger partial charge in [0.05, 0.1) is 13.7 Å². The maximum absolute atomic E-state index is 13.2. The summed E-state index contributed by atoms with van der Waals surface area (Å²) in [4.78, 5) is 55.6. The van der Waals surface area contributed by atoms with Crippen molar-refractivity contribution >= 4 is 23.8 Å². The van der Waals surface area contributed by atoms with Crippen LogP contribution in [0.5, 0.6) is 11.5 Å². The minimum atomic E-state index is -0.675. The number of likely N-dealkylation sites (tertiary alicyclic amines) is 1. The van der Waals surface area contributed by atoms with Gasteiger partial charge < -0.3 is 24.0 Å². The van der Waals surface area contributed by atoms with Gasteiger partial charge in [-0.15, -0.1) is 0 Å². The molecule has 0 bridgehead atoms. The number of carbonyl (C=O) groups is 4. The molecule has 11 heteroatoms. The third-order valence-corrected chi connectivity index (χ3v) is 9.07. The van der Waals surface area contributed by atoms with Gasteiger partial charge >= 0.3 is 6.09 Å². The molecule has 3 fully saturated rings. The van der Waals surface area contributed by atoms with E-state index in [1.807, 2.05) is 25.7 Å². The van der Waals surface area contributed by atoms with Crippen LogP contribution in [0.25, 0.3) is 0 Å². The van der Waals surface area contributed by atoms with Crippen molar-refractivity contribution in [3.05, 3.63) is 23.3 Å². The fourth-order valence-electron chi connectivity index (χ4n) is 6.70. The van der Waals surface area contributed by atoms with Gasteiger partial charge in [0.2, 0.25) is 11.8 Å². The zero-order valence-electron chi connectivity index (χ0n) is 26.3. The van der Waals surface area contributed by atoms with E-state index in [4.69, 9.17) is 14.2 Å². The summed E-state index contributed by atoms with van der Waals surface area (Å²) in [5.74, 6) is 0.689. The Bertz CT molecular complexity index is 1240. The standard InChI is InChI=1S/C32H46N4O7/c1-19(2)35(17-20-11-13-34(14-12-20)31(40)43-32(3,4)5)21-15-22(16-21)42-26-9-7-23-24(28(26)41-6)18-36(30(23)39)25-8-10-27(37)33-29(25)38/h7,9,19-22,25H,8,10-18H2,1-6H3,(H,33,37,38)/t21?,22?,25-/m1/s1. The number of fused-ring (bicyclic) bond motifs is 1. The molecule has 3 aliphatic heterocycles. The van der Waals surface area contributed by atoms with Crippen molar-refractivity contribution in [1.82, 2.24) is 20.0 Å². The zero-order valence-corrected chi connectivity index (χ0v) is 26.3. The fourth-order valence-corrected chi connectivity index (χ4v) is 6.70. The summed E-state index contributed by atoms with van der Waals surface area (Å²) in [6.07, 6.45) is 4.08. The molecule has 43 heavy (non-hydrogen) atoms. The third kappa shape index (κ3) is 6.76. The smallest absolute Gasteiger partial charge is 0.410 e. The van der Waals surface area contributed by atoms with Crippen LogP contribution in [0, 0.1) is 5.92 Å². The summed E-state index contributed by atoms with van der Waals surface area (Å²) in [5, 5.41) is 2.34. The lowest BCUT2D eigenvalue weighted by Gasteiger charge is -2.46. The van der Waals surface area contributed by atoms with E-state index in [9.17, 15) is 19.2 Å². The van der Waals surface area contributed by atoms with Gasteiger partial charge in [-0.25, -0.2) is 4.79 Å². The number of piperidine rings is 2. The number of ether oxygens (including phenoxy) is 3. The van der Waals surface area contributed by atoms with E-state index in [0.29, 0.717) is 47.0 Å². The lowest BCUT2D eigenvalue weighted by molar-refractivity contribution is -0.136. The van der Waals surface area contributed by atoms with Crippen LogP contribution in [0.1, 0.15) is 89.1 Å². The highest BCUT2D eigenvalue weighted by Gasteiger charge is 2.42. The van der Waals surface area contributed by atoms with Crippen LogP contribution in [0.15, 0.2) is 12.1 Å². The highest BCUT2D eigenvalue weighted by molar-refractivity contribution is 6.05. The number of amides is 4. The summed E-state index contributed by atoms with van der Waals surface area (Å²) in [7, 11) is 1.57. The third-order valence-electron chi connectivity index (χ3n) is 9.07. The van der Waals surface area contributed by atoms with E-state index >= 15 is 0 Å². The van der Waals surface area contributed by atoms with Gasteiger partial charge in [-0.3, -0.25) is 24.6 Å². The Morgan fingerprint density at radius 3 is 2.40 bits per heavy atom. The molecule has 3 heterocycles. The highest BCUT2D eigenvalue weighted by Crippen LogP contribution is 2.42. The predicted octanol–water partition coefficient (Wildman–Crippen LogP) is 3.72. The van der Waals surface area contributed by atoms with E-state index < -0.39 is 17.6 Å². The van der Waals surface area contributed by atoms with Gasteiger partial charge in [0.15, 0.2) is 11.5 Å². The summed E-state index contributed by atoms with van der Waals surface area (Å²) in [5.41, 5.74) is 0.735. The number of imide groups is 1. The number of methoxy groups -OCH3 is 1. The second kappa shape index (κ2) is 12.3. The van der Waals surface area contributed by atoms with Gasteiger partial charge in [-0.05, 0) is 71.9 Å². The first-order chi connectivity index (χ1) is 20.3. The number of hydrogen-bond acceptors (Lipinski definition) is 8. The molecule has 5 rings (SSSR count). The maximum atomic E-state index is 13.2. The van der Waals surface area contributed by atoms with E-state index in [2.05, 4.69) is 24.1 Å². The number of rotatable bonds is 8. The molecule has 0 unspecified atom stereocenters. The number of nitrogens with zero attached hydrogens (tertiary/aromatic N) is 3. The Balaban J connectivity index is 1.16. The molecule has 11 nitrogen and oxygen atoms in total. The summed E-state index contributed by atoms with van der Waals surface area (Å²) in [6.45, 7) is 12.8. The van der Waals surface area contributed by atoms with Crippen molar-refractivity contribution in [2.24, 2.45) is 5.92 Å². The Labute approximate surface area is 254 Å². The largest absolute Gasteiger partial charge is 0.492 e. The van der Waals surface area contributed by atoms with E-state index in [-0.39, 0.29) is 37.0 Å². The highest BCUT2D eigenvalue weighted by atomic mass is 16.6. The molecular formula is C32H46N4O7. The van der Waals surface area contributed by atoms with E-state index in [0.717, 1.165) is 45.3 Å². The van der Waals surface area contributed by atoms with Crippen LogP contribution in [0.2, 0.25) is 0 Å². The van der Waals surface area contributed by atoms with Crippen molar-refractivity contribution in [1.29, 1.82) is 0 Å². The van der Waals surface area contributed by atoms with Crippen LogP contribution in [0.4, 0.5) is 4.79 Å². The topological polar surface area (TPSA) is 118 Å². The summed E-state index contributed by atoms with van der Waals surface area (Å²) < 4.78 is 17.7. The second-order valence-corrected chi connectivity index (χ2v) is 13.6. The van der Waals surface area contributed by atoms with Crippen molar-refractivity contribution in [3.63, 3.8) is 0 Å². The van der Waals surface area contributed by atoms with Crippen molar-refractivity contribution in [2.75, 3.05) is 26.7 Å². The number of carbonyl (C=O) groups excluding carboxylic acids is 4. The lowest BCUT2D eigenvalue weighted by Crippen LogP contribution is -2.54. The molecule has 0 spiro atoms. The molecule has 1 aliphatic carbocycles. The number of hydrogen-bond donors (Lipinski definition) is 1. The summed E-state index contributed by atoms with van der Waals surface area (Å²) >= 11 is 0. The van der Waals surface area contributed by atoms with Crippen molar-refractivity contribution in [2.45, 2.75) is 110 Å². The average Bonchev–Trinajstić information content (AvgIpc) is 3.24. The quantitative estimate of drug-likeness (QED) is 0.450. The molecule has 1 saturated carbocycles. The van der Waals surface area contributed by atoms with Crippen molar-refractivity contribution < 1.29 is 33.4 Å². The Kier molecular flexibility index (Phi) is 8.92. The van der Waals surface area contributed by atoms with E-state index in [1.54, 1.807) is 19.2 Å². The Morgan fingerprint density at radius 1 is 1.09 bits per heavy atom. The Hall–Kier alpha value is -3.34. The minimum absolute atomic E-state index is 0.0376. The van der Waals surface area contributed by atoms with Gasteiger partial charge in [0, 0.05) is 62.1 Å². The lowest BCUT2D eigenvalue weighted by atomic mass is 9.85. The summed E-state index contributed by atoms with van der Waals surface area (Å²) in [6, 6.07) is 3.68. The molecule has 236 valence electrons. The molecular weight excluding hydrogens is 552 g/mol. The molecule has 0 radical (unpaired) electrons. The first-order valence-corrected chi connectivity index (χ1v) is 15.6. The van der Waals surface area contributed by atoms with Crippen LogP contribution in [-0.2, 0) is 20.9 Å². The van der Waals surface area contributed by atoms with Gasteiger partial charge in [-0.1, -0.05) is 0 Å². The fraction of sp³-hybridized carbons (Fsp3) is 0.688. The van der Waals surface area contributed by atoms with Crippen LogP contribution in [-0.4, -0.2) is 95.1 Å². The van der Waals surface area contributed by atoms with Gasteiger partial charge in [0.1, 0.15) is 17.7 Å². The monoisotopic (exact) mass is 598 g/mol. The van der Waals surface area contributed by atoms with Crippen molar-refractivity contribution in [3.8, 4) is 11.5 Å². The maximum Gasteiger partial charge on any atom is 0.410 e. The second-order valence-electron chi connectivity index (χ2n) is 13.6. The normalized spacial score (nSPS) is 24.7. The molecule has 1 aromatic carbocycles. The van der Waals surface area contributed by atoms with Gasteiger partial charge in [-0.2, -0.15) is 0 Å². The predicted molar refractivity (Wildman–Crippen MR) is 159 cm³/mol. The van der Waals surface area contributed by atoms with Crippen LogP contribution in [0.3, 0.4) is 0 Å². The van der Waals surface area contributed by atoms with Crippen LogP contribution < -0.4 is 14.8 Å². The van der Waals surface area contributed by atoms with Gasteiger partial charge in [0.25, 0.3) is 5.91 Å². The average molecular weight is 599 g/mol. The molecule has 0 aromatic heterocycles. The first kappa shape index (κ1) is 31.1.